The molecule has 0 bridgehead atoms. The number of amides is 2. The van der Waals surface area contributed by atoms with Crippen LogP contribution in [0.2, 0.25) is 0 Å². The summed E-state index contributed by atoms with van der Waals surface area (Å²) < 4.78 is 13.8. The van der Waals surface area contributed by atoms with Gasteiger partial charge in [0, 0.05) is 23.2 Å². The summed E-state index contributed by atoms with van der Waals surface area (Å²) in [7, 11) is 0. The molecule has 2 aliphatic heterocycles. The highest BCUT2D eigenvalue weighted by molar-refractivity contribution is 6.03. The molecule has 0 aliphatic carbocycles. The number of ether oxygens (including phenoxy) is 2. The lowest BCUT2D eigenvalue weighted by Crippen LogP contribution is -2.44. The largest absolute Gasteiger partial charge is 0.456 e. The van der Waals surface area contributed by atoms with Gasteiger partial charge in [-0.1, -0.05) is 18.2 Å². The summed E-state index contributed by atoms with van der Waals surface area (Å²) in [6.07, 6.45) is 0.761. The van der Waals surface area contributed by atoms with E-state index < -0.39 is 17.6 Å². The van der Waals surface area contributed by atoms with Crippen molar-refractivity contribution in [3.05, 3.63) is 119 Å². The van der Waals surface area contributed by atoms with Crippen LogP contribution in [0.5, 0.6) is 11.5 Å². The number of hydrogen-bond acceptors (Lipinski definition) is 6. The SMILES string of the molecule is Cc1c(C)c(C)c2c(c1C)Oc1c(C)c(NC(=O)[C@H](CCCNC(=N)N)NC(=O)c3ccccc3)c(C)c(C)c1C21OC(=O)c2c(C)c(C)c(C)c(C)c21. The first kappa shape index (κ1) is 38.1. The second-order valence-corrected chi connectivity index (χ2v) is 14.9. The van der Waals surface area contributed by atoms with Crippen LogP contribution in [-0.4, -0.2) is 36.3 Å². The zero-order valence-corrected chi connectivity index (χ0v) is 33.2. The van der Waals surface area contributed by atoms with E-state index in [0.29, 0.717) is 53.3 Å². The number of benzene rings is 4. The Balaban J connectivity index is 1.54. The van der Waals surface area contributed by atoms with Gasteiger partial charge in [-0.15, -0.1) is 0 Å². The van der Waals surface area contributed by atoms with Gasteiger partial charge in [-0.25, -0.2) is 4.79 Å². The maximum absolute atomic E-state index is 14.3. The Kier molecular flexibility index (Phi) is 9.86. The highest BCUT2D eigenvalue weighted by atomic mass is 16.6. The first-order valence-electron chi connectivity index (χ1n) is 18.5. The minimum atomic E-state index is -1.30. The van der Waals surface area contributed by atoms with Crippen LogP contribution in [0, 0.1) is 81.6 Å². The Labute approximate surface area is 317 Å². The molecule has 2 amide bonds. The van der Waals surface area contributed by atoms with E-state index in [9.17, 15) is 14.4 Å². The van der Waals surface area contributed by atoms with Crippen molar-refractivity contribution in [2.45, 2.75) is 101 Å². The molecule has 0 saturated heterocycles. The van der Waals surface area contributed by atoms with Crippen LogP contribution in [0.1, 0.15) is 111 Å². The normalized spacial score (nSPS) is 15.8. The number of anilines is 1. The minimum absolute atomic E-state index is 0.165. The van der Waals surface area contributed by atoms with Gasteiger partial charge in [0.1, 0.15) is 17.5 Å². The molecule has 10 nitrogen and oxygen atoms in total. The highest BCUT2D eigenvalue weighted by Crippen LogP contribution is 2.62. The molecule has 1 spiro atoms. The Morgan fingerprint density at radius 1 is 0.722 bits per heavy atom. The van der Waals surface area contributed by atoms with Crippen LogP contribution < -0.4 is 26.4 Å². The van der Waals surface area contributed by atoms with Crippen molar-refractivity contribution >= 4 is 29.4 Å². The number of carbonyl (C=O) groups excluding carboxylic acids is 3. The predicted molar refractivity (Wildman–Crippen MR) is 212 cm³/mol. The zero-order valence-electron chi connectivity index (χ0n) is 33.2. The van der Waals surface area contributed by atoms with Crippen molar-refractivity contribution in [3.63, 3.8) is 0 Å². The lowest BCUT2D eigenvalue weighted by molar-refractivity contribution is -0.118. The summed E-state index contributed by atoms with van der Waals surface area (Å²) in [4.78, 5) is 41.8. The monoisotopic (exact) mass is 729 g/mol. The number of rotatable bonds is 8. The molecule has 0 aromatic heterocycles. The van der Waals surface area contributed by atoms with Crippen LogP contribution in [0.25, 0.3) is 0 Å². The quantitative estimate of drug-likeness (QED) is 0.0540. The number of hydrogen-bond donors (Lipinski definition) is 5. The molecular weight excluding hydrogens is 679 g/mol. The lowest BCUT2D eigenvalue weighted by Gasteiger charge is -2.42. The molecule has 54 heavy (non-hydrogen) atoms. The molecule has 2 aliphatic rings. The number of fused-ring (bicyclic) bond motifs is 6. The van der Waals surface area contributed by atoms with Crippen LogP contribution in [-0.2, 0) is 15.1 Å². The van der Waals surface area contributed by atoms with Crippen LogP contribution in [0.4, 0.5) is 5.69 Å². The van der Waals surface area contributed by atoms with Crippen molar-refractivity contribution < 1.29 is 23.9 Å². The van der Waals surface area contributed by atoms with E-state index in [1.807, 2.05) is 40.7 Å². The molecule has 0 fully saturated rings. The van der Waals surface area contributed by atoms with E-state index in [1.165, 1.54) is 0 Å². The predicted octanol–water partition coefficient (Wildman–Crippen LogP) is 7.65. The summed E-state index contributed by atoms with van der Waals surface area (Å²) in [6.45, 7) is 22.7. The van der Waals surface area contributed by atoms with Crippen molar-refractivity contribution in [1.29, 1.82) is 5.41 Å². The maximum Gasteiger partial charge on any atom is 0.340 e. The van der Waals surface area contributed by atoms with Gasteiger partial charge in [-0.2, -0.15) is 0 Å². The molecule has 282 valence electrons. The van der Waals surface area contributed by atoms with Crippen molar-refractivity contribution in [2.24, 2.45) is 5.73 Å². The average molecular weight is 730 g/mol. The van der Waals surface area contributed by atoms with Gasteiger partial charge >= 0.3 is 5.97 Å². The van der Waals surface area contributed by atoms with Gasteiger partial charge in [0.25, 0.3) is 5.91 Å². The molecule has 2 atom stereocenters. The third-order valence-electron chi connectivity index (χ3n) is 12.2. The third-order valence-corrected chi connectivity index (χ3v) is 12.2. The maximum atomic E-state index is 14.3. The van der Waals surface area contributed by atoms with E-state index >= 15 is 0 Å². The van der Waals surface area contributed by atoms with Gasteiger partial charge in [0.05, 0.1) is 22.4 Å². The molecule has 0 radical (unpaired) electrons. The molecular formula is C44H51N5O5. The van der Waals surface area contributed by atoms with Crippen LogP contribution in [0.3, 0.4) is 0 Å². The number of esters is 1. The molecule has 10 heteroatoms. The fraction of sp³-hybridized carbons (Fsp3) is 0.364. The van der Waals surface area contributed by atoms with Gasteiger partial charge in [-0.3, -0.25) is 15.0 Å². The van der Waals surface area contributed by atoms with Gasteiger partial charge in [-0.05, 0) is 157 Å². The summed E-state index contributed by atoms with van der Waals surface area (Å²) >= 11 is 0. The third kappa shape index (κ3) is 5.79. The average Bonchev–Trinajstić information content (AvgIpc) is 3.44. The Morgan fingerprint density at radius 2 is 1.26 bits per heavy atom. The number of guanidine groups is 1. The molecule has 6 rings (SSSR count). The molecule has 4 aromatic rings. The first-order valence-corrected chi connectivity index (χ1v) is 18.5. The molecule has 1 unspecified atom stereocenters. The topological polar surface area (TPSA) is 156 Å². The van der Waals surface area contributed by atoms with E-state index in [-0.39, 0.29) is 17.8 Å². The van der Waals surface area contributed by atoms with Gasteiger partial charge in [0.15, 0.2) is 11.6 Å². The van der Waals surface area contributed by atoms with E-state index in [1.54, 1.807) is 24.3 Å². The summed E-state index contributed by atoms with van der Waals surface area (Å²) in [5, 5.41) is 16.4. The second-order valence-electron chi connectivity index (χ2n) is 14.9. The van der Waals surface area contributed by atoms with Crippen LogP contribution in [0.15, 0.2) is 30.3 Å². The Morgan fingerprint density at radius 3 is 1.87 bits per heavy atom. The van der Waals surface area contributed by atoms with Crippen molar-refractivity contribution in [1.82, 2.24) is 10.6 Å². The van der Waals surface area contributed by atoms with E-state index in [2.05, 4.69) is 57.5 Å². The smallest absolute Gasteiger partial charge is 0.340 e. The van der Waals surface area contributed by atoms with E-state index in [0.717, 1.165) is 72.3 Å². The summed E-state index contributed by atoms with van der Waals surface area (Å²) in [5.41, 5.74) is 18.7. The van der Waals surface area contributed by atoms with Crippen molar-refractivity contribution in [3.8, 4) is 11.5 Å². The zero-order chi connectivity index (χ0) is 39.5. The minimum Gasteiger partial charge on any atom is -0.456 e. The molecule has 4 aromatic carbocycles. The van der Waals surface area contributed by atoms with E-state index in [4.69, 9.17) is 20.6 Å². The summed E-state index contributed by atoms with van der Waals surface area (Å²) in [5.74, 6) is -0.131. The molecule has 2 heterocycles. The second kappa shape index (κ2) is 14.0. The summed E-state index contributed by atoms with van der Waals surface area (Å²) in [6, 6.07) is 7.85. The Bertz CT molecular complexity index is 2290. The van der Waals surface area contributed by atoms with Crippen LogP contribution >= 0.6 is 0 Å². The van der Waals surface area contributed by atoms with Crippen molar-refractivity contribution in [2.75, 3.05) is 11.9 Å². The molecule has 0 saturated carbocycles. The highest BCUT2D eigenvalue weighted by Gasteiger charge is 2.58. The van der Waals surface area contributed by atoms with Gasteiger partial charge < -0.3 is 31.2 Å². The number of carbonyl (C=O) groups is 3. The molecule has 6 N–H and O–H groups in total. The van der Waals surface area contributed by atoms with Gasteiger partial charge in [0.2, 0.25) is 5.91 Å². The Hall–Kier alpha value is -5.64. The number of nitrogens with one attached hydrogen (secondary N) is 4. The fourth-order valence-electron chi connectivity index (χ4n) is 8.36. The number of nitrogens with two attached hydrogens (primary N) is 1. The standard InChI is InChI=1S/C44H51N5O5/c1-20-21(2)25(6)34-33(24(20)5)42(52)54-44(34)35-26(7)22(3)23(4)29(10)38(35)53-39-30(11)37(28(9)27(8)36(39)44)49-41(51)32(18-15-19-47-43(45)46)48-40(50)31-16-13-12-14-17-31/h12-14,16-17,32H,15,18-19H2,1-11H3,(H,48,50)(H,49,51)(H4,45,46,47)/t32-,44?/m0/s1. The first-order chi connectivity index (χ1) is 25.4. The lowest BCUT2D eigenvalue weighted by atomic mass is 9.69. The fourth-order valence-corrected chi connectivity index (χ4v) is 8.36.